The minimum absolute atomic E-state index is 0.0369. The number of benzene rings is 2. The fourth-order valence-electron chi connectivity index (χ4n) is 1.95. The van der Waals surface area contributed by atoms with E-state index in [9.17, 15) is 13.2 Å². The van der Waals surface area contributed by atoms with Gasteiger partial charge in [-0.2, -0.15) is 0 Å². The van der Waals surface area contributed by atoms with E-state index in [-0.39, 0.29) is 23.9 Å². The Morgan fingerprint density at radius 2 is 1.92 bits per heavy atom. The molecule has 0 saturated carbocycles. The van der Waals surface area contributed by atoms with Crippen LogP contribution in [0, 0.1) is 0 Å². The number of hydrogen-bond acceptors (Lipinski definition) is 3. The second-order valence-electron chi connectivity index (χ2n) is 4.84. The molecule has 0 unspecified atom stereocenters. The van der Waals surface area contributed by atoms with E-state index in [1.54, 1.807) is 25.3 Å². The van der Waals surface area contributed by atoms with E-state index in [1.165, 1.54) is 18.2 Å². The third kappa shape index (κ3) is 5.86. The van der Waals surface area contributed by atoms with Gasteiger partial charge in [0, 0.05) is 0 Å². The Labute approximate surface area is 150 Å². The van der Waals surface area contributed by atoms with Crippen LogP contribution in [0.4, 0.5) is 18.9 Å². The standard InChI is InChI=1S/C16H15BrF3N3O2/c1-24-13-7-6-10(8-11(13)17)9-22-15(21)23-12-4-2-3-5-14(12)25-16(18,19)20/h2-8H,9H2,1H3,(H3,21,22,23). The summed E-state index contributed by atoms with van der Waals surface area (Å²) in [4.78, 5) is 4.11. The summed E-state index contributed by atoms with van der Waals surface area (Å²) in [5.41, 5.74) is 6.66. The van der Waals surface area contributed by atoms with Gasteiger partial charge in [0.05, 0.1) is 23.8 Å². The van der Waals surface area contributed by atoms with Gasteiger partial charge in [-0.05, 0) is 45.8 Å². The van der Waals surface area contributed by atoms with E-state index >= 15 is 0 Å². The van der Waals surface area contributed by atoms with Crippen LogP contribution in [0.15, 0.2) is 51.9 Å². The maximum Gasteiger partial charge on any atom is 0.573 e. The molecule has 2 aromatic rings. The molecule has 0 radical (unpaired) electrons. The van der Waals surface area contributed by atoms with E-state index in [0.717, 1.165) is 10.0 Å². The highest BCUT2D eigenvalue weighted by Gasteiger charge is 2.32. The first kappa shape index (κ1) is 18.9. The molecule has 0 bridgehead atoms. The minimum atomic E-state index is -4.79. The largest absolute Gasteiger partial charge is 0.573 e. The van der Waals surface area contributed by atoms with Crippen molar-refractivity contribution in [2.24, 2.45) is 10.7 Å². The molecule has 0 fully saturated rings. The predicted octanol–water partition coefficient (Wildman–Crippen LogP) is 4.28. The Balaban J connectivity index is 2.08. The van der Waals surface area contributed by atoms with Gasteiger partial charge >= 0.3 is 6.36 Å². The number of nitrogens with two attached hydrogens (primary N) is 1. The van der Waals surface area contributed by atoms with Crippen molar-refractivity contribution in [1.82, 2.24) is 0 Å². The second kappa shape index (κ2) is 8.11. The Morgan fingerprint density at radius 1 is 1.20 bits per heavy atom. The molecule has 134 valence electrons. The highest BCUT2D eigenvalue weighted by Crippen LogP contribution is 2.30. The topological polar surface area (TPSA) is 68.9 Å². The Hall–Kier alpha value is -2.42. The molecule has 0 spiro atoms. The normalized spacial score (nSPS) is 12.0. The number of halogens is 4. The number of nitrogens with zero attached hydrogens (tertiary/aromatic N) is 1. The van der Waals surface area contributed by atoms with Crippen LogP contribution < -0.4 is 20.5 Å². The maximum atomic E-state index is 12.4. The fraction of sp³-hybridized carbons (Fsp3) is 0.188. The molecular formula is C16H15BrF3N3O2. The number of ether oxygens (including phenoxy) is 2. The SMILES string of the molecule is COc1ccc(CN=C(N)Nc2ccccc2OC(F)(F)F)cc1Br. The molecule has 0 aliphatic heterocycles. The fourth-order valence-corrected chi connectivity index (χ4v) is 2.53. The van der Waals surface area contributed by atoms with Gasteiger partial charge in [-0.3, -0.25) is 0 Å². The molecule has 0 amide bonds. The smallest absolute Gasteiger partial charge is 0.496 e. The van der Waals surface area contributed by atoms with E-state index in [0.29, 0.717) is 5.75 Å². The molecule has 0 aliphatic rings. The molecule has 3 N–H and O–H groups in total. The lowest BCUT2D eigenvalue weighted by Crippen LogP contribution is -2.24. The van der Waals surface area contributed by atoms with Gasteiger partial charge in [0.2, 0.25) is 0 Å². The van der Waals surface area contributed by atoms with Crippen molar-refractivity contribution < 1.29 is 22.6 Å². The Bertz CT molecular complexity index is 767. The minimum Gasteiger partial charge on any atom is -0.496 e. The van der Waals surface area contributed by atoms with Crippen molar-refractivity contribution in [3.05, 3.63) is 52.5 Å². The molecule has 2 rings (SSSR count). The highest BCUT2D eigenvalue weighted by molar-refractivity contribution is 9.10. The number of rotatable bonds is 5. The number of para-hydroxylation sites is 2. The highest BCUT2D eigenvalue weighted by atomic mass is 79.9. The van der Waals surface area contributed by atoms with Crippen molar-refractivity contribution in [1.29, 1.82) is 0 Å². The monoisotopic (exact) mass is 417 g/mol. The van der Waals surface area contributed by atoms with Gasteiger partial charge in [0.15, 0.2) is 11.7 Å². The summed E-state index contributed by atoms with van der Waals surface area (Å²) >= 11 is 3.36. The first-order valence-electron chi connectivity index (χ1n) is 7.02. The lowest BCUT2D eigenvalue weighted by Gasteiger charge is -2.14. The Morgan fingerprint density at radius 3 is 2.56 bits per heavy atom. The van der Waals surface area contributed by atoms with Crippen molar-refractivity contribution in [2.75, 3.05) is 12.4 Å². The van der Waals surface area contributed by atoms with E-state index in [4.69, 9.17) is 10.5 Å². The van der Waals surface area contributed by atoms with E-state index in [1.807, 2.05) is 6.07 Å². The van der Waals surface area contributed by atoms with Crippen LogP contribution >= 0.6 is 15.9 Å². The first-order valence-corrected chi connectivity index (χ1v) is 7.82. The molecule has 5 nitrogen and oxygen atoms in total. The molecular weight excluding hydrogens is 403 g/mol. The summed E-state index contributed by atoms with van der Waals surface area (Å²) in [7, 11) is 1.56. The van der Waals surface area contributed by atoms with E-state index in [2.05, 4.69) is 31.0 Å². The second-order valence-corrected chi connectivity index (χ2v) is 5.69. The molecule has 25 heavy (non-hydrogen) atoms. The van der Waals surface area contributed by atoms with Crippen molar-refractivity contribution >= 4 is 27.6 Å². The molecule has 0 saturated heterocycles. The number of anilines is 1. The zero-order valence-electron chi connectivity index (χ0n) is 13.1. The number of hydrogen-bond donors (Lipinski definition) is 2. The summed E-state index contributed by atoms with van der Waals surface area (Å²) in [6.07, 6.45) is -4.79. The van der Waals surface area contributed by atoms with Crippen molar-refractivity contribution in [2.45, 2.75) is 12.9 Å². The van der Waals surface area contributed by atoms with Gasteiger partial charge in [-0.15, -0.1) is 13.2 Å². The van der Waals surface area contributed by atoms with E-state index < -0.39 is 6.36 Å². The number of aliphatic imine (C=N–C) groups is 1. The van der Waals surface area contributed by atoms with Crippen molar-refractivity contribution in [3.63, 3.8) is 0 Å². The number of nitrogens with one attached hydrogen (secondary N) is 1. The summed E-state index contributed by atoms with van der Waals surface area (Å²) in [6, 6.07) is 11.0. The van der Waals surface area contributed by atoms with Gasteiger partial charge in [0.25, 0.3) is 0 Å². The molecule has 0 atom stereocenters. The average molecular weight is 418 g/mol. The predicted molar refractivity (Wildman–Crippen MR) is 92.8 cm³/mol. The molecule has 0 aliphatic carbocycles. The van der Waals surface area contributed by atoms with Crippen LogP contribution in [0.3, 0.4) is 0 Å². The third-order valence-corrected chi connectivity index (χ3v) is 3.64. The summed E-state index contributed by atoms with van der Waals surface area (Å²) in [6.45, 7) is 0.240. The number of guanidine groups is 1. The van der Waals surface area contributed by atoms with Crippen LogP contribution in [0.5, 0.6) is 11.5 Å². The maximum absolute atomic E-state index is 12.4. The van der Waals surface area contributed by atoms with Gasteiger partial charge in [-0.1, -0.05) is 18.2 Å². The number of methoxy groups -OCH3 is 1. The zero-order chi connectivity index (χ0) is 18.4. The molecule has 9 heteroatoms. The lowest BCUT2D eigenvalue weighted by molar-refractivity contribution is -0.274. The first-order chi connectivity index (χ1) is 11.8. The summed E-state index contributed by atoms with van der Waals surface area (Å²) in [5.74, 6) is 0.252. The third-order valence-electron chi connectivity index (χ3n) is 3.02. The van der Waals surface area contributed by atoms with Crippen LogP contribution in [0.2, 0.25) is 0 Å². The van der Waals surface area contributed by atoms with Crippen molar-refractivity contribution in [3.8, 4) is 11.5 Å². The van der Waals surface area contributed by atoms with Crippen LogP contribution in [0.25, 0.3) is 0 Å². The molecule has 0 aromatic heterocycles. The summed E-state index contributed by atoms with van der Waals surface area (Å²) < 4.78 is 47.0. The van der Waals surface area contributed by atoms with Crippen LogP contribution in [-0.2, 0) is 6.54 Å². The van der Waals surface area contributed by atoms with Gasteiger partial charge in [-0.25, -0.2) is 4.99 Å². The number of alkyl halides is 3. The summed E-state index contributed by atoms with van der Waals surface area (Å²) in [5, 5.41) is 2.61. The van der Waals surface area contributed by atoms with Gasteiger partial charge in [0.1, 0.15) is 5.75 Å². The van der Waals surface area contributed by atoms with Crippen LogP contribution in [0.1, 0.15) is 5.56 Å². The Kier molecular flexibility index (Phi) is 6.13. The quantitative estimate of drug-likeness (QED) is 0.562. The molecule has 0 heterocycles. The lowest BCUT2D eigenvalue weighted by atomic mass is 10.2. The molecule has 2 aromatic carbocycles. The zero-order valence-corrected chi connectivity index (χ0v) is 14.7. The average Bonchev–Trinajstić information content (AvgIpc) is 2.53. The van der Waals surface area contributed by atoms with Crippen LogP contribution in [-0.4, -0.2) is 19.4 Å². The van der Waals surface area contributed by atoms with Gasteiger partial charge < -0.3 is 20.5 Å².